The molecular formula is C12H12F2N2O2. The second-order valence-electron chi connectivity index (χ2n) is 3.66. The van der Waals surface area contributed by atoms with Crippen LogP contribution >= 0.6 is 0 Å². The Morgan fingerprint density at radius 3 is 2.44 bits per heavy atom. The first-order valence-corrected chi connectivity index (χ1v) is 5.17. The number of aromatic nitrogens is 1. The summed E-state index contributed by atoms with van der Waals surface area (Å²) >= 11 is 0. The minimum Gasteiger partial charge on any atom is -0.497 e. The van der Waals surface area contributed by atoms with E-state index in [0.717, 1.165) is 6.07 Å². The number of anilines is 1. The molecular weight excluding hydrogens is 242 g/mol. The van der Waals surface area contributed by atoms with Crippen molar-refractivity contribution in [2.75, 3.05) is 20.0 Å². The van der Waals surface area contributed by atoms with Crippen LogP contribution in [-0.2, 0) is 0 Å². The van der Waals surface area contributed by atoms with Gasteiger partial charge >= 0.3 is 0 Å². The standard InChI is InChI=1S/C12H12F2N2O2/c1-17-6-3-7-8(15)5-9(12(13)14)16-11(7)10(4-6)18-2/h3-5,12H,1-2H3,(H2,15,16). The summed E-state index contributed by atoms with van der Waals surface area (Å²) in [6.07, 6.45) is -2.68. The van der Waals surface area contributed by atoms with E-state index in [0.29, 0.717) is 22.4 Å². The van der Waals surface area contributed by atoms with Gasteiger partial charge in [0.25, 0.3) is 6.43 Å². The van der Waals surface area contributed by atoms with Gasteiger partial charge in [0.05, 0.1) is 14.2 Å². The molecule has 2 rings (SSSR count). The van der Waals surface area contributed by atoms with Crippen molar-refractivity contribution in [2.24, 2.45) is 0 Å². The summed E-state index contributed by atoms with van der Waals surface area (Å²) in [7, 11) is 2.93. The van der Waals surface area contributed by atoms with Gasteiger partial charge in [0.1, 0.15) is 22.7 Å². The fraction of sp³-hybridized carbons (Fsp3) is 0.250. The first-order chi connectivity index (χ1) is 8.56. The van der Waals surface area contributed by atoms with Crippen molar-refractivity contribution < 1.29 is 18.3 Å². The number of nitrogens with zero attached hydrogens (tertiary/aromatic N) is 1. The summed E-state index contributed by atoms with van der Waals surface area (Å²) in [5.74, 6) is 0.871. The van der Waals surface area contributed by atoms with Crippen LogP contribution in [-0.4, -0.2) is 19.2 Å². The van der Waals surface area contributed by atoms with Crippen LogP contribution in [0.2, 0.25) is 0 Å². The zero-order valence-electron chi connectivity index (χ0n) is 9.91. The van der Waals surface area contributed by atoms with Gasteiger partial charge in [-0.15, -0.1) is 0 Å². The van der Waals surface area contributed by atoms with E-state index in [1.807, 2.05) is 0 Å². The topological polar surface area (TPSA) is 57.4 Å². The van der Waals surface area contributed by atoms with Crippen LogP contribution in [0.1, 0.15) is 12.1 Å². The Morgan fingerprint density at radius 2 is 1.89 bits per heavy atom. The number of benzene rings is 1. The van der Waals surface area contributed by atoms with E-state index in [2.05, 4.69) is 4.98 Å². The van der Waals surface area contributed by atoms with E-state index < -0.39 is 6.43 Å². The Balaban J connectivity index is 2.78. The number of ether oxygens (including phenoxy) is 2. The predicted octanol–water partition coefficient (Wildman–Crippen LogP) is 2.77. The lowest BCUT2D eigenvalue weighted by molar-refractivity contribution is 0.146. The van der Waals surface area contributed by atoms with E-state index >= 15 is 0 Å². The van der Waals surface area contributed by atoms with Crippen molar-refractivity contribution >= 4 is 16.6 Å². The van der Waals surface area contributed by atoms with Crippen molar-refractivity contribution in [1.29, 1.82) is 0 Å². The van der Waals surface area contributed by atoms with Crippen molar-refractivity contribution in [2.45, 2.75) is 6.43 Å². The minimum absolute atomic E-state index is 0.215. The number of hydrogen-bond acceptors (Lipinski definition) is 4. The molecule has 6 heteroatoms. The molecule has 0 saturated heterocycles. The number of halogens is 2. The van der Waals surface area contributed by atoms with E-state index in [1.54, 1.807) is 12.1 Å². The van der Waals surface area contributed by atoms with Crippen LogP contribution in [0.5, 0.6) is 11.5 Å². The predicted molar refractivity (Wildman–Crippen MR) is 64.2 cm³/mol. The smallest absolute Gasteiger partial charge is 0.280 e. The van der Waals surface area contributed by atoms with Crippen molar-refractivity contribution in [3.05, 3.63) is 23.9 Å². The molecule has 0 unspecified atom stereocenters. The highest BCUT2D eigenvalue weighted by atomic mass is 19.3. The lowest BCUT2D eigenvalue weighted by Gasteiger charge is -2.11. The lowest BCUT2D eigenvalue weighted by Crippen LogP contribution is -1.99. The molecule has 96 valence electrons. The monoisotopic (exact) mass is 254 g/mol. The average molecular weight is 254 g/mol. The molecule has 0 bridgehead atoms. The van der Waals surface area contributed by atoms with E-state index in [9.17, 15) is 8.78 Å². The van der Waals surface area contributed by atoms with Gasteiger partial charge in [-0.25, -0.2) is 13.8 Å². The summed E-state index contributed by atoms with van der Waals surface area (Å²) in [5.41, 5.74) is 5.90. The molecule has 2 N–H and O–H groups in total. The van der Waals surface area contributed by atoms with Gasteiger partial charge in [-0.1, -0.05) is 0 Å². The molecule has 0 amide bonds. The molecule has 4 nitrogen and oxygen atoms in total. The third kappa shape index (κ3) is 2.01. The summed E-state index contributed by atoms with van der Waals surface area (Å²) < 4.78 is 35.5. The molecule has 0 radical (unpaired) electrons. The molecule has 0 atom stereocenters. The maximum absolute atomic E-state index is 12.7. The average Bonchev–Trinajstić information content (AvgIpc) is 2.37. The van der Waals surface area contributed by atoms with Gasteiger partial charge in [-0.3, -0.25) is 0 Å². The number of nitrogens with two attached hydrogens (primary N) is 1. The van der Waals surface area contributed by atoms with Crippen LogP contribution in [0.25, 0.3) is 10.9 Å². The molecule has 0 spiro atoms. The van der Waals surface area contributed by atoms with Crippen molar-refractivity contribution in [3.8, 4) is 11.5 Å². The van der Waals surface area contributed by atoms with E-state index in [1.165, 1.54) is 14.2 Å². The third-order valence-corrected chi connectivity index (χ3v) is 2.58. The van der Waals surface area contributed by atoms with Gasteiger partial charge in [-0.2, -0.15) is 0 Å². The van der Waals surface area contributed by atoms with Crippen molar-refractivity contribution in [3.63, 3.8) is 0 Å². The van der Waals surface area contributed by atoms with Crippen LogP contribution in [0.4, 0.5) is 14.5 Å². The van der Waals surface area contributed by atoms with E-state index in [4.69, 9.17) is 15.2 Å². The quantitative estimate of drug-likeness (QED) is 0.915. The molecule has 0 aliphatic carbocycles. The second kappa shape index (κ2) is 4.64. The van der Waals surface area contributed by atoms with Gasteiger partial charge in [0.15, 0.2) is 0 Å². The number of pyridine rings is 1. The Morgan fingerprint density at radius 1 is 1.17 bits per heavy atom. The minimum atomic E-state index is -2.68. The zero-order chi connectivity index (χ0) is 13.3. The molecule has 0 aliphatic heterocycles. The number of fused-ring (bicyclic) bond motifs is 1. The maximum atomic E-state index is 12.7. The third-order valence-electron chi connectivity index (χ3n) is 2.58. The Bertz CT molecular complexity index is 588. The zero-order valence-corrected chi connectivity index (χ0v) is 9.91. The van der Waals surface area contributed by atoms with Crippen LogP contribution < -0.4 is 15.2 Å². The van der Waals surface area contributed by atoms with Crippen LogP contribution in [0.3, 0.4) is 0 Å². The Labute approximate surface area is 102 Å². The molecule has 1 heterocycles. The highest BCUT2D eigenvalue weighted by Crippen LogP contribution is 2.34. The normalized spacial score (nSPS) is 10.9. The molecule has 2 aromatic rings. The lowest BCUT2D eigenvalue weighted by atomic mass is 10.1. The van der Waals surface area contributed by atoms with Crippen molar-refractivity contribution in [1.82, 2.24) is 4.98 Å². The first-order valence-electron chi connectivity index (χ1n) is 5.17. The largest absolute Gasteiger partial charge is 0.497 e. The number of methoxy groups -OCH3 is 2. The SMILES string of the molecule is COc1cc(OC)c2nc(C(F)F)cc(N)c2c1. The second-order valence-corrected chi connectivity index (χ2v) is 3.66. The summed E-state index contributed by atoms with van der Waals surface area (Å²) in [6, 6.07) is 4.37. The van der Waals surface area contributed by atoms with Gasteiger partial charge in [-0.05, 0) is 12.1 Å². The first kappa shape index (κ1) is 12.3. The molecule has 0 aliphatic rings. The van der Waals surface area contributed by atoms with Gasteiger partial charge in [0.2, 0.25) is 0 Å². The van der Waals surface area contributed by atoms with Crippen LogP contribution in [0.15, 0.2) is 18.2 Å². The van der Waals surface area contributed by atoms with Crippen LogP contribution in [0, 0.1) is 0 Å². The number of rotatable bonds is 3. The molecule has 1 aromatic heterocycles. The summed E-state index contributed by atoms with van der Waals surface area (Å²) in [5, 5.41) is 0.524. The number of hydrogen-bond donors (Lipinski definition) is 1. The van der Waals surface area contributed by atoms with Gasteiger partial charge in [0, 0.05) is 17.1 Å². The highest BCUT2D eigenvalue weighted by molar-refractivity contribution is 5.95. The Kier molecular flexibility index (Phi) is 3.18. The maximum Gasteiger partial charge on any atom is 0.280 e. The fourth-order valence-corrected chi connectivity index (χ4v) is 1.70. The molecule has 18 heavy (non-hydrogen) atoms. The summed E-state index contributed by atoms with van der Waals surface area (Å²) in [6.45, 7) is 0. The fourth-order valence-electron chi connectivity index (χ4n) is 1.70. The summed E-state index contributed by atoms with van der Waals surface area (Å²) in [4.78, 5) is 3.87. The van der Waals surface area contributed by atoms with E-state index in [-0.39, 0.29) is 11.4 Å². The molecule has 1 aromatic carbocycles. The number of nitrogen functional groups attached to an aromatic ring is 1. The molecule has 0 fully saturated rings. The molecule has 0 saturated carbocycles. The Hall–Kier alpha value is -2.11. The van der Waals surface area contributed by atoms with Gasteiger partial charge < -0.3 is 15.2 Å². The number of alkyl halides is 2. The highest BCUT2D eigenvalue weighted by Gasteiger charge is 2.15.